The Balaban J connectivity index is 1.61. The van der Waals surface area contributed by atoms with Crippen molar-refractivity contribution in [2.24, 2.45) is 5.92 Å². The third-order valence-electron chi connectivity index (χ3n) is 5.20. The lowest BCUT2D eigenvalue weighted by Crippen LogP contribution is -2.50. The molecule has 0 aromatic heterocycles. The molecule has 0 unspecified atom stereocenters. The van der Waals surface area contributed by atoms with Crippen molar-refractivity contribution in [3.8, 4) is 0 Å². The molecule has 27 heavy (non-hydrogen) atoms. The lowest BCUT2D eigenvalue weighted by Gasteiger charge is -2.36. The van der Waals surface area contributed by atoms with E-state index in [9.17, 15) is 26.9 Å². The Morgan fingerprint density at radius 1 is 1.07 bits per heavy atom. The predicted molar refractivity (Wildman–Crippen MR) is 99.7 cm³/mol. The van der Waals surface area contributed by atoms with Crippen LogP contribution in [0.5, 0.6) is 0 Å². The lowest BCUT2D eigenvalue weighted by molar-refractivity contribution is -0.387. The van der Waals surface area contributed by atoms with E-state index in [1.54, 1.807) is 0 Å². The quantitative estimate of drug-likeness (QED) is 0.512. The van der Waals surface area contributed by atoms with Gasteiger partial charge in [-0.1, -0.05) is 12.1 Å². The van der Waals surface area contributed by atoms with Crippen LogP contribution in [0.1, 0.15) is 12.8 Å². The monoisotopic (exact) mass is 417 g/mol. The Morgan fingerprint density at radius 2 is 1.67 bits per heavy atom. The van der Waals surface area contributed by atoms with Crippen LogP contribution in [-0.2, 0) is 19.9 Å². The van der Waals surface area contributed by atoms with Gasteiger partial charge in [0, 0.05) is 38.8 Å². The fraction of sp³-hybridized carbons (Fsp3) is 0.625. The molecule has 3 rings (SSSR count). The molecule has 0 amide bonds. The summed E-state index contributed by atoms with van der Waals surface area (Å²) < 4.78 is 50.0. The molecule has 0 spiro atoms. The third kappa shape index (κ3) is 4.65. The molecule has 0 saturated carbocycles. The van der Waals surface area contributed by atoms with E-state index in [0.29, 0.717) is 31.8 Å². The Morgan fingerprint density at radius 3 is 2.26 bits per heavy atom. The van der Waals surface area contributed by atoms with Gasteiger partial charge in [-0.3, -0.25) is 10.1 Å². The fourth-order valence-electron chi connectivity index (χ4n) is 3.60. The first-order chi connectivity index (χ1) is 12.7. The van der Waals surface area contributed by atoms with Gasteiger partial charge in [-0.25, -0.2) is 16.8 Å². The van der Waals surface area contributed by atoms with E-state index in [0.717, 1.165) is 6.54 Å². The molecule has 0 N–H and O–H groups in total. The lowest BCUT2D eigenvalue weighted by atomic mass is 10.0. The molecule has 0 aliphatic carbocycles. The smallest absolute Gasteiger partial charge is 0.289 e. The zero-order valence-electron chi connectivity index (χ0n) is 14.9. The van der Waals surface area contributed by atoms with Gasteiger partial charge in [0.15, 0.2) is 4.90 Å². The van der Waals surface area contributed by atoms with Crippen molar-refractivity contribution in [3.63, 3.8) is 0 Å². The van der Waals surface area contributed by atoms with Crippen molar-refractivity contribution in [2.75, 3.05) is 44.2 Å². The highest BCUT2D eigenvalue weighted by Gasteiger charge is 2.34. The van der Waals surface area contributed by atoms with Crippen molar-refractivity contribution < 1.29 is 21.8 Å². The van der Waals surface area contributed by atoms with Crippen molar-refractivity contribution in [1.29, 1.82) is 0 Å². The Bertz CT molecular complexity index is 894. The SMILES string of the molecule is O=[N+]([O-])c1ccccc1S(=O)(=O)N1CCN(CC2CCS(=O)(=O)CC2)CC1. The van der Waals surface area contributed by atoms with Crippen molar-refractivity contribution in [3.05, 3.63) is 34.4 Å². The highest BCUT2D eigenvalue weighted by molar-refractivity contribution is 7.91. The van der Waals surface area contributed by atoms with E-state index in [1.807, 2.05) is 0 Å². The third-order valence-corrected chi connectivity index (χ3v) is 8.86. The summed E-state index contributed by atoms with van der Waals surface area (Å²) in [6, 6.07) is 5.38. The van der Waals surface area contributed by atoms with E-state index in [-0.39, 0.29) is 29.5 Å². The highest BCUT2D eigenvalue weighted by atomic mass is 32.2. The fourth-order valence-corrected chi connectivity index (χ4v) is 6.77. The summed E-state index contributed by atoms with van der Waals surface area (Å²) in [6.45, 7) is 2.35. The molecule has 0 bridgehead atoms. The van der Waals surface area contributed by atoms with Gasteiger partial charge in [-0.05, 0) is 24.8 Å². The molecular formula is C16H23N3O6S2. The Hall–Kier alpha value is -1.56. The minimum absolute atomic E-state index is 0.226. The van der Waals surface area contributed by atoms with Crippen LogP contribution in [0, 0.1) is 16.0 Å². The minimum atomic E-state index is -3.92. The summed E-state index contributed by atoms with van der Waals surface area (Å²) in [7, 11) is -6.81. The van der Waals surface area contributed by atoms with Gasteiger partial charge in [0.2, 0.25) is 10.0 Å². The van der Waals surface area contributed by atoms with Gasteiger partial charge in [0.05, 0.1) is 16.4 Å². The molecule has 2 saturated heterocycles. The highest BCUT2D eigenvalue weighted by Crippen LogP contribution is 2.27. The van der Waals surface area contributed by atoms with Gasteiger partial charge < -0.3 is 4.90 Å². The van der Waals surface area contributed by atoms with Gasteiger partial charge in [-0.2, -0.15) is 4.31 Å². The standard InChI is InChI=1S/C16H23N3O6S2/c20-19(21)15-3-1-2-4-16(15)27(24,25)18-9-7-17(8-10-18)13-14-5-11-26(22,23)12-6-14/h1-4,14H,5-13H2. The van der Waals surface area contributed by atoms with Crippen molar-refractivity contribution in [1.82, 2.24) is 9.21 Å². The van der Waals surface area contributed by atoms with Crippen LogP contribution < -0.4 is 0 Å². The second-order valence-electron chi connectivity index (χ2n) is 7.02. The second-order valence-corrected chi connectivity index (χ2v) is 11.2. The summed E-state index contributed by atoms with van der Waals surface area (Å²) >= 11 is 0. The maximum Gasteiger partial charge on any atom is 0.289 e. The second kappa shape index (κ2) is 7.82. The number of para-hydroxylation sites is 1. The summed E-state index contributed by atoms with van der Waals surface area (Å²) in [5, 5.41) is 11.1. The summed E-state index contributed by atoms with van der Waals surface area (Å²) in [5.74, 6) is 0.764. The van der Waals surface area contributed by atoms with Crippen LogP contribution >= 0.6 is 0 Å². The van der Waals surface area contributed by atoms with Crippen LogP contribution in [0.15, 0.2) is 29.2 Å². The first kappa shape index (κ1) is 20.2. The number of nitrogens with zero attached hydrogens (tertiary/aromatic N) is 3. The number of hydrogen-bond donors (Lipinski definition) is 0. The maximum absolute atomic E-state index is 12.8. The summed E-state index contributed by atoms with van der Waals surface area (Å²) in [5.41, 5.74) is -0.414. The van der Waals surface area contributed by atoms with Crippen molar-refractivity contribution >= 4 is 25.5 Å². The number of sulfonamides is 1. The number of rotatable bonds is 5. The largest absolute Gasteiger partial charge is 0.300 e. The average Bonchev–Trinajstić information content (AvgIpc) is 2.64. The molecule has 2 heterocycles. The van der Waals surface area contributed by atoms with Crippen LogP contribution in [0.4, 0.5) is 5.69 Å². The Kier molecular flexibility index (Phi) is 5.84. The predicted octanol–water partition coefficient (Wildman–Crippen LogP) is 0.726. The molecule has 0 radical (unpaired) electrons. The normalized spacial score (nSPS) is 22.5. The van der Waals surface area contributed by atoms with E-state index < -0.39 is 30.5 Å². The first-order valence-electron chi connectivity index (χ1n) is 8.85. The van der Waals surface area contributed by atoms with Crippen LogP contribution in [0.25, 0.3) is 0 Å². The molecule has 1 aromatic carbocycles. The van der Waals surface area contributed by atoms with Gasteiger partial charge in [0.25, 0.3) is 5.69 Å². The molecule has 2 aliphatic rings. The zero-order chi connectivity index (χ0) is 19.7. The number of nitro groups is 1. The number of sulfone groups is 1. The topological polar surface area (TPSA) is 118 Å². The van der Waals surface area contributed by atoms with Crippen molar-refractivity contribution in [2.45, 2.75) is 17.7 Å². The minimum Gasteiger partial charge on any atom is -0.300 e. The van der Waals surface area contributed by atoms with Crippen LogP contribution in [0.3, 0.4) is 0 Å². The molecule has 2 fully saturated rings. The van der Waals surface area contributed by atoms with E-state index in [2.05, 4.69) is 4.90 Å². The molecule has 150 valence electrons. The molecule has 11 heteroatoms. The molecule has 1 aromatic rings. The first-order valence-corrected chi connectivity index (χ1v) is 12.1. The number of piperazine rings is 1. The number of hydrogen-bond acceptors (Lipinski definition) is 7. The molecule has 9 nitrogen and oxygen atoms in total. The van der Waals surface area contributed by atoms with E-state index in [1.165, 1.54) is 28.6 Å². The summed E-state index contributed by atoms with van der Waals surface area (Å²) in [4.78, 5) is 12.3. The number of benzene rings is 1. The van der Waals surface area contributed by atoms with Gasteiger partial charge in [-0.15, -0.1) is 0 Å². The molecule has 0 atom stereocenters. The molecular weight excluding hydrogens is 394 g/mol. The molecule has 2 aliphatic heterocycles. The van der Waals surface area contributed by atoms with Crippen LogP contribution in [0.2, 0.25) is 0 Å². The summed E-state index contributed by atoms with van der Waals surface area (Å²) in [6.07, 6.45) is 1.30. The van der Waals surface area contributed by atoms with Gasteiger partial charge in [0.1, 0.15) is 9.84 Å². The Labute approximate surface area is 159 Å². The van der Waals surface area contributed by atoms with Crippen LogP contribution in [-0.4, -0.2) is 75.2 Å². The van der Waals surface area contributed by atoms with Gasteiger partial charge >= 0.3 is 0 Å². The maximum atomic E-state index is 12.8. The number of nitro benzene ring substituents is 1. The van der Waals surface area contributed by atoms with E-state index in [4.69, 9.17) is 0 Å². The average molecular weight is 418 g/mol. The van der Waals surface area contributed by atoms with E-state index >= 15 is 0 Å². The zero-order valence-corrected chi connectivity index (χ0v) is 16.5.